The number of amides is 1. The van der Waals surface area contributed by atoms with Crippen LogP contribution in [0, 0.1) is 0 Å². The molecule has 1 amide bonds. The first-order chi connectivity index (χ1) is 27.6. The highest BCUT2D eigenvalue weighted by Crippen LogP contribution is 2.52. The predicted octanol–water partition coefficient (Wildman–Crippen LogP) is 9.92. The van der Waals surface area contributed by atoms with Crippen LogP contribution in [-0.4, -0.2) is 40.5 Å². The molecule has 2 fully saturated rings. The number of benzene rings is 4. The molecule has 4 N–H and O–H groups in total. The molecule has 2 aliphatic carbocycles. The van der Waals surface area contributed by atoms with Crippen LogP contribution in [0.15, 0.2) is 97.3 Å². The molecule has 11 nitrogen and oxygen atoms in total. The van der Waals surface area contributed by atoms with E-state index in [4.69, 9.17) is 53.0 Å². The number of carboxylic acid groups (broad SMARTS) is 1. The van der Waals surface area contributed by atoms with Gasteiger partial charge in [-0.25, -0.2) is 9.97 Å². The summed E-state index contributed by atoms with van der Waals surface area (Å²) in [6.45, 7) is 0.449. The fraction of sp³-hybridized carbons (Fsp3) is 0.256. The summed E-state index contributed by atoms with van der Waals surface area (Å²) in [7, 11) is 0. The fourth-order valence-corrected chi connectivity index (χ4v) is 8.58. The molecule has 4 aliphatic rings. The van der Waals surface area contributed by atoms with E-state index < -0.39 is 16.8 Å². The highest BCUT2D eigenvalue weighted by atomic mass is 35.5. The van der Waals surface area contributed by atoms with E-state index in [-0.39, 0.29) is 26.9 Å². The monoisotopic (exact) mass is 858 g/mol. The number of thiazole rings is 2. The lowest BCUT2D eigenvalue weighted by Crippen LogP contribution is -2.27. The van der Waals surface area contributed by atoms with E-state index in [1.807, 2.05) is 72.8 Å². The number of nitrogen functional groups attached to an aromatic ring is 1. The van der Waals surface area contributed by atoms with Gasteiger partial charge in [0.15, 0.2) is 33.3 Å². The molecule has 0 saturated heterocycles. The normalized spacial score (nSPS) is 15.4. The lowest BCUT2D eigenvalue weighted by atomic mass is 9.94. The third-order valence-corrected chi connectivity index (χ3v) is 12.7. The third-order valence-electron chi connectivity index (χ3n) is 10.2. The number of nitrogens with one attached hydrogen (secondary N) is 1. The van der Waals surface area contributed by atoms with Crippen LogP contribution in [0.2, 0.25) is 10.0 Å². The molecule has 0 radical (unpaired) electrons. The second kappa shape index (κ2) is 17.3. The third kappa shape index (κ3) is 8.87. The maximum atomic E-state index is 13.0. The molecule has 6 aromatic rings. The molecular weight excluding hydrogens is 820 g/mol. The Morgan fingerprint density at radius 1 is 0.690 bits per heavy atom. The summed E-state index contributed by atoms with van der Waals surface area (Å²) in [5.74, 6) is 2.00. The van der Waals surface area contributed by atoms with Crippen molar-refractivity contribution in [2.45, 2.75) is 56.8 Å². The first-order valence-electron chi connectivity index (χ1n) is 18.1. The van der Waals surface area contributed by atoms with Crippen molar-refractivity contribution in [3.05, 3.63) is 139 Å². The second-order valence-corrected chi connectivity index (χ2v) is 17.0. The first kappa shape index (κ1) is 40.8. The highest BCUT2D eigenvalue weighted by Gasteiger charge is 2.53. The minimum absolute atomic E-state index is 0. The van der Waals surface area contributed by atoms with Crippen molar-refractivity contribution in [1.82, 2.24) is 9.97 Å². The summed E-state index contributed by atoms with van der Waals surface area (Å²) >= 11 is 15.2. The number of ether oxygens (including phenoxy) is 4. The van der Waals surface area contributed by atoms with Crippen molar-refractivity contribution < 1.29 is 33.6 Å². The lowest BCUT2D eigenvalue weighted by Gasteiger charge is -2.15. The van der Waals surface area contributed by atoms with Gasteiger partial charge in [0.25, 0.3) is 0 Å². The van der Waals surface area contributed by atoms with Gasteiger partial charge in [-0.1, -0.05) is 79.2 Å². The van der Waals surface area contributed by atoms with E-state index in [1.54, 1.807) is 24.5 Å². The van der Waals surface area contributed by atoms with Crippen LogP contribution in [0.5, 0.6) is 23.0 Å². The Morgan fingerprint density at radius 2 is 1.17 bits per heavy atom. The van der Waals surface area contributed by atoms with Crippen LogP contribution in [0.1, 0.15) is 65.1 Å². The maximum Gasteiger partial charge on any atom is 0.314 e. The zero-order chi connectivity index (χ0) is 39.6. The SMILES string of the molecule is C.Nc1ncc(Cc2ccccc2Cl)s1.O=C(Nc1ncc(Cc2ccccc2Cl)s1)C1(c2ccc3c(c2)OCO3)CC1.O=C(O)C1(c2ccc3c(c2)OCO3)CC1. The number of fused-ring (bicyclic) bond motifs is 2. The van der Waals surface area contributed by atoms with Crippen molar-refractivity contribution in [3.8, 4) is 23.0 Å². The minimum atomic E-state index is -0.749. The molecule has 4 heterocycles. The summed E-state index contributed by atoms with van der Waals surface area (Å²) < 4.78 is 21.2. The number of nitrogens with zero attached hydrogens (tertiary/aromatic N) is 2. The number of halogens is 2. The average molecular weight is 860 g/mol. The number of aliphatic carboxylic acids is 1. The number of aromatic nitrogens is 2. The summed E-state index contributed by atoms with van der Waals surface area (Å²) in [4.78, 5) is 34.6. The number of carbonyl (C=O) groups excluding carboxylic acids is 1. The Bertz CT molecular complexity index is 2450. The van der Waals surface area contributed by atoms with Gasteiger partial charge in [0.2, 0.25) is 19.5 Å². The molecule has 0 unspecified atom stereocenters. The quantitative estimate of drug-likeness (QED) is 0.128. The molecule has 10 rings (SSSR count). The van der Waals surface area contributed by atoms with Crippen LogP contribution < -0.4 is 30.0 Å². The van der Waals surface area contributed by atoms with Crippen LogP contribution in [-0.2, 0) is 33.3 Å². The molecule has 58 heavy (non-hydrogen) atoms. The lowest BCUT2D eigenvalue weighted by molar-refractivity contribution is -0.140. The van der Waals surface area contributed by atoms with Crippen LogP contribution in [0.4, 0.5) is 10.3 Å². The molecule has 0 atom stereocenters. The van der Waals surface area contributed by atoms with Crippen molar-refractivity contribution in [2.75, 3.05) is 24.6 Å². The van der Waals surface area contributed by atoms with Gasteiger partial charge in [-0.2, -0.15) is 0 Å². The number of nitrogens with two attached hydrogens (primary N) is 1. The van der Waals surface area contributed by atoms with Gasteiger partial charge in [0.05, 0.1) is 10.8 Å². The molecule has 2 aliphatic heterocycles. The summed E-state index contributed by atoms with van der Waals surface area (Å²) in [6.07, 6.45) is 8.14. The van der Waals surface area contributed by atoms with Crippen LogP contribution in [0.25, 0.3) is 0 Å². The topological polar surface area (TPSA) is 155 Å². The molecule has 0 spiro atoms. The number of hydrogen-bond acceptors (Lipinski definition) is 11. The zero-order valence-corrected chi connectivity index (χ0v) is 33.5. The van der Waals surface area contributed by atoms with Crippen molar-refractivity contribution in [3.63, 3.8) is 0 Å². The Kier molecular flexibility index (Phi) is 12.1. The van der Waals surface area contributed by atoms with E-state index in [9.17, 15) is 9.59 Å². The Morgan fingerprint density at radius 3 is 1.66 bits per heavy atom. The summed E-state index contributed by atoms with van der Waals surface area (Å²) in [5.41, 5.74) is 8.31. The van der Waals surface area contributed by atoms with Gasteiger partial charge < -0.3 is 35.1 Å². The molecule has 2 aromatic heterocycles. The first-order valence-corrected chi connectivity index (χ1v) is 20.5. The number of rotatable bonds is 9. The summed E-state index contributed by atoms with van der Waals surface area (Å²) in [6, 6.07) is 26.7. The number of carbonyl (C=O) groups is 2. The largest absolute Gasteiger partial charge is 0.481 e. The number of anilines is 2. The fourth-order valence-electron chi connectivity index (χ4n) is 6.64. The smallest absolute Gasteiger partial charge is 0.314 e. The molecule has 300 valence electrons. The van der Waals surface area contributed by atoms with E-state index in [1.165, 1.54) is 22.7 Å². The van der Waals surface area contributed by atoms with Crippen LogP contribution in [0.3, 0.4) is 0 Å². The Labute approximate surface area is 353 Å². The molecule has 2 saturated carbocycles. The molecular formula is C43H40Cl2N4O7S2. The van der Waals surface area contributed by atoms with E-state index >= 15 is 0 Å². The molecule has 4 aromatic carbocycles. The molecule has 15 heteroatoms. The average Bonchev–Trinajstić information content (AvgIpc) is 3.93. The Balaban J connectivity index is 0.000000144. The predicted molar refractivity (Wildman–Crippen MR) is 227 cm³/mol. The highest BCUT2D eigenvalue weighted by molar-refractivity contribution is 7.15. The van der Waals surface area contributed by atoms with E-state index in [0.717, 1.165) is 67.1 Å². The van der Waals surface area contributed by atoms with Crippen molar-refractivity contribution in [1.29, 1.82) is 0 Å². The number of hydrogen-bond donors (Lipinski definition) is 3. The second-order valence-electron chi connectivity index (χ2n) is 13.9. The van der Waals surface area contributed by atoms with Gasteiger partial charge in [0, 0.05) is 45.0 Å². The number of carboxylic acids is 1. The van der Waals surface area contributed by atoms with Crippen molar-refractivity contribution in [2.24, 2.45) is 0 Å². The Hall–Kier alpha value is -5.34. The van der Waals surface area contributed by atoms with Gasteiger partial charge in [0.1, 0.15) is 0 Å². The van der Waals surface area contributed by atoms with E-state index in [0.29, 0.717) is 46.8 Å². The van der Waals surface area contributed by atoms with E-state index in [2.05, 4.69) is 15.3 Å². The van der Waals surface area contributed by atoms with Gasteiger partial charge in [-0.05, 0) is 84.3 Å². The van der Waals surface area contributed by atoms with Crippen LogP contribution >= 0.6 is 45.9 Å². The van der Waals surface area contributed by atoms with Crippen molar-refractivity contribution >= 4 is 68.0 Å². The minimum Gasteiger partial charge on any atom is -0.481 e. The standard InChI is InChI=1S/C21H17ClN2O3S.C11H10O4.C10H9ClN2S.CH4/c22-16-4-2-1-3-13(16)9-15-11-23-20(28-15)24-19(25)21(7-8-21)14-5-6-17-18(10-14)27-12-26-17;12-10(13)11(3-4-11)7-1-2-8-9(5-7)15-6-14-8;11-9-4-2-1-3-7(9)5-8-6-13-10(12)14-8;/h1-6,10-11H,7-9,12H2,(H,23,24,25);1-2,5H,3-4,6H2,(H,12,13);1-4,6H,5H2,(H2,12,13);1H4. The maximum absolute atomic E-state index is 13.0. The summed E-state index contributed by atoms with van der Waals surface area (Å²) in [5, 5.41) is 14.9. The van der Waals surface area contributed by atoms with Gasteiger partial charge >= 0.3 is 5.97 Å². The zero-order valence-electron chi connectivity index (χ0n) is 30.3. The van der Waals surface area contributed by atoms with Gasteiger partial charge in [-0.3, -0.25) is 9.59 Å². The van der Waals surface area contributed by atoms with Gasteiger partial charge in [-0.15, -0.1) is 22.7 Å². The molecule has 0 bridgehead atoms.